The predicted molar refractivity (Wildman–Crippen MR) is 77.3 cm³/mol. The Balaban J connectivity index is 2.77. The third-order valence-corrected chi connectivity index (χ3v) is 2.77. The number of hydrazine groups is 1. The lowest BCUT2D eigenvalue weighted by molar-refractivity contribution is -0.384. The molecule has 0 aromatic heterocycles. The summed E-state index contributed by atoms with van der Waals surface area (Å²) in [4.78, 5) is 22.1. The van der Waals surface area contributed by atoms with Crippen LogP contribution in [0.1, 0.15) is 37.6 Å². The van der Waals surface area contributed by atoms with Gasteiger partial charge in [-0.05, 0) is 24.0 Å². The van der Waals surface area contributed by atoms with Gasteiger partial charge in [-0.15, -0.1) is 0 Å². The zero-order chi connectivity index (χ0) is 15.3. The van der Waals surface area contributed by atoms with E-state index < -0.39 is 4.92 Å². The van der Waals surface area contributed by atoms with Crippen molar-refractivity contribution in [3.63, 3.8) is 0 Å². The zero-order valence-electron chi connectivity index (χ0n) is 11.9. The smallest absolute Gasteiger partial charge is 0.293 e. The van der Waals surface area contributed by atoms with Crippen molar-refractivity contribution < 1.29 is 9.72 Å². The molecule has 0 aliphatic heterocycles. The van der Waals surface area contributed by atoms with Gasteiger partial charge in [0.2, 0.25) is 0 Å². The second kappa shape index (κ2) is 6.33. The molecule has 7 heteroatoms. The number of nitrogens with two attached hydrogens (primary N) is 1. The number of nitrogens with zero attached hydrogens (tertiary/aromatic N) is 1. The van der Waals surface area contributed by atoms with Gasteiger partial charge >= 0.3 is 0 Å². The van der Waals surface area contributed by atoms with E-state index >= 15 is 0 Å². The third kappa shape index (κ3) is 4.51. The van der Waals surface area contributed by atoms with Crippen molar-refractivity contribution >= 4 is 17.3 Å². The number of nitro benzene ring substituents is 1. The first-order valence-electron chi connectivity index (χ1n) is 6.28. The van der Waals surface area contributed by atoms with Gasteiger partial charge in [-0.3, -0.25) is 20.8 Å². The van der Waals surface area contributed by atoms with E-state index in [0.29, 0.717) is 12.1 Å². The minimum absolute atomic E-state index is 0.110. The van der Waals surface area contributed by atoms with Crippen molar-refractivity contribution in [3.8, 4) is 0 Å². The number of nitrogen functional groups attached to an aromatic ring is 1. The first-order valence-corrected chi connectivity index (χ1v) is 6.28. The molecule has 1 amide bonds. The lowest BCUT2D eigenvalue weighted by Gasteiger charge is -2.18. The van der Waals surface area contributed by atoms with E-state index in [1.54, 1.807) is 0 Å². The lowest BCUT2D eigenvalue weighted by atomic mass is 9.92. The fourth-order valence-electron chi connectivity index (χ4n) is 1.61. The molecule has 4 N–H and O–H groups in total. The van der Waals surface area contributed by atoms with Crippen LogP contribution in [0.15, 0.2) is 18.2 Å². The maximum atomic E-state index is 11.9. The summed E-state index contributed by atoms with van der Waals surface area (Å²) in [6, 6.07) is 4.03. The van der Waals surface area contributed by atoms with Crippen LogP contribution in [0.2, 0.25) is 0 Å². The highest BCUT2D eigenvalue weighted by molar-refractivity contribution is 5.95. The molecule has 110 valence electrons. The fourth-order valence-corrected chi connectivity index (χ4v) is 1.61. The molecule has 0 aliphatic rings. The fraction of sp³-hybridized carbons (Fsp3) is 0.462. The number of rotatable bonds is 5. The molecule has 0 saturated carbocycles. The molecule has 0 aliphatic carbocycles. The van der Waals surface area contributed by atoms with E-state index in [1.807, 2.05) is 0 Å². The summed E-state index contributed by atoms with van der Waals surface area (Å²) in [5.74, 6) is 4.95. The maximum Gasteiger partial charge on any atom is 0.293 e. The lowest BCUT2D eigenvalue weighted by Crippen LogP contribution is -2.27. The van der Waals surface area contributed by atoms with Crippen LogP contribution < -0.4 is 16.6 Å². The third-order valence-electron chi connectivity index (χ3n) is 2.77. The van der Waals surface area contributed by atoms with Crippen LogP contribution in [0.4, 0.5) is 11.4 Å². The summed E-state index contributed by atoms with van der Waals surface area (Å²) >= 11 is 0. The quantitative estimate of drug-likeness (QED) is 0.434. The summed E-state index contributed by atoms with van der Waals surface area (Å²) in [6.45, 7) is 6.80. The number of benzene rings is 1. The summed E-state index contributed by atoms with van der Waals surface area (Å²) < 4.78 is 0. The zero-order valence-corrected chi connectivity index (χ0v) is 11.9. The number of carbonyl (C=O) groups excluding carboxylic acids is 1. The molecule has 20 heavy (non-hydrogen) atoms. The topological polar surface area (TPSA) is 110 Å². The van der Waals surface area contributed by atoms with Gasteiger partial charge in [0, 0.05) is 18.2 Å². The first kappa shape index (κ1) is 15.9. The Morgan fingerprint density at radius 3 is 2.55 bits per heavy atom. The number of nitro groups is 1. The van der Waals surface area contributed by atoms with Crippen LogP contribution in [-0.4, -0.2) is 17.4 Å². The number of anilines is 1. The predicted octanol–water partition coefficient (Wildman–Crippen LogP) is 2.05. The highest BCUT2D eigenvalue weighted by atomic mass is 16.6. The Morgan fingerprint density at radius 1 is 1.40 bits per heavy atom. The van der Waals surface area contributed by atoms with Gasteiger partial charge < -0.3 is 10.7 Å². The Hall–Kier alpha value is -2.15. The summed E-state index contributed by atoms with van der Waals surface area (Å²) in [5.41, 5.74) is 2.64. The molecule has 7 nitrogen and oxygen atoms in total. The van der Waals surface area contributed by atoms with Gasteiger partial charge in [-0.25, -0.2) is 0 Å². The molecule has 1 aromatic carbocycles. The molecular formula is C13H20N4O3. The molecule has 0 saturated heterocycles. The van der Waals surface area contributed by atoms with E-state index in [2.05, 4.69) is 31.5 Å². The first-order chi connectivity index (χ1) is 9.24. The normalized spacial score (nSPS) is 11.0. The van der Waals surface area contributed by atoms with Gasteiger partial charge in [0.1, 0.15) is 5.69 Å². The molecule has 0 radical (unpaired) electrons. The standard InChI is InChI=1S/C13H20N4O3/c1-13(2,3)6-7-15-12(18)9-4-5-11(17(19)20)10(8-9)16-14/h4-5,8,16H,6-7,14H2,1-3H3,(H,15,18). The molecule has 0 bridgehead atoms. The average Bonchev–Trinajstić information content (AvgIpc) is 2.36. The van der Waals surface area contributed by atoms with Crippen LogP contribution in [0, 0.1) is 15.5 Å². The van der Waals surface area contributed by atoms with Crippen molar-refractivity contribution in [2.75, 3.05) is 12.0 Å². The highest BCUT2D eigenvalue weighted by Crippen LogP contribution is 2.24. The number of hydrogen-bond acceptors (Lipinski definition) is 5. The van der Waals surface area contributed by atoms with E-state index in [-0.39, 0.29) is 22.7 Å². The molecule has 1 aromatic rings. The molecule has 0 spiro atoms. The Morgan fingerprint density at radius 2 is 2.05 bits per heavy atom. The number of hydrogen-bond donors (Lipinski definition) is 3. The van der Waals surface area contributed by atoms with Crippen molar-refractivity contribution in [2.45, 2.75) is 27.2 Å². The summed E-state index contributed by atoms with van der Waals surface area (Å²) in [5, 5.41) is 13.5. The maximum absolute atomic E-state index is 11.9. The number of nitrogens with one attached hydrogen (secondary N) is 2. The Kier molecular flexibility index (Phi) is 5.04. The summed E-state index contributed by atoms with van der Waals surface area (Å²) in [6.07, 6.45) is 0.841. The molecule has 0 fully saturated rings. The van der Waals surface area contributed by atoms with E-state index in [9.17, 15) is 14.9 Å². The average molecular weight is 280 g/mol. The number of amides is 1. The van der Waals surface area contributed by atoms with Crippen molar-refractivity contribution in [1.82, 2.24) is 5.32 Å². The number of carbonyl (C=O) groups is 1. The van der Waals surface area contributed by atoms with Crippen LogP contribution in [0.25, 0.3) is 0 Å². The van der Waals surface area contributed by atoms with Gasteiger partial charge in [0.05, 0.1) is 4.92 Å². The van der Waals surface area contributed by atoms with Gasteiger partial charge in [0.15, 0.2) is 0 Å². The van der Waals surface area contributed by atoms with Crippen LogP contribution in [0.5, 0.6) is 0 Å². The van der Waals surface area contributed by atoms with Crippen LogP contribution in [0.3, 0.4) is 0 Å². The molecule has 0 unspecified atom stereocenters. The molecular weight excluding hydrogens is 260 g/mol. The summed E-state index contributed by atoms with van der Waals surface area (Å²) in [7, 11) is 0. The Bertz CT molecular complexity index is 509. The minimum atomic E-state index is -0.559. The largest absolute Gasteiger partial charge is 0.352 e. The van der Waals surface area contributed by atoms with Crippen molar-refractivity contribution in [2.24, 2.45) is 11.3 Å². The van der Waals surface area contributed by atoms with Crippen LogP contribution in [-0.2, 0) is 0 Å². The van der Waals surface area contributed by atoms with Gasteiger partial charge in [-0.2, -0.15) is 0 Å². The van der Waals surface area contributed by atoms with E-state index in [1.165, 1.54) is 18.2 Å². The second-order valence-corrected chi connectivity index (χ2v) is 5.70. The van der Waals surface area contributed by atoms with Crippen LogP contribution >= 0.6 is 0 Å². The minimum Gasteiger partial charge on any atom is -0.352 e. The molecule has 1 rings (SSSR count). The van der Waals surface area contributed by atoms with E-state index in [4.69, 9.17) is 5.84 Å². The van der Waals surface area contributed by atoms with Crippen molar-refractivity contribution in [3.05, 3.63) is 33.9 Å². The SMILES string of the molecule is CC(C)(C)CCNC(=O)c1ccc([N+](=O)[O-])c(NN)c1. The highest BCUT2D eigenvalue weighted by Gasteiger charge is 2.16. The van der Waals surface area contributed by atoms with Gasteiger partial charge in [0.25, 0.3) is 11.6 Å². The van der Waals surface area contributed by atoms with Crippen molar-refractivity contribution in [1.29, 1.82) is 0 Å². The monoisotopic (exact) mass is 280 g/mol. The van der Waals surface area contributed by atoms with E-state index in [0.717, 1.165) is 6.42 Å². The van der Waals surface area contributed by atoms with Gasteiger partial charge in [-0.1, -0.05) is 20.8 Å². The Labute approximate surface area is 117 Å². The molecule has 0 atom stereocenters. The second-order valence-electron chi connectivity index (χ2n) is 5.70. The molecule has 0 heterocycles.